The molecular weight excluding hydrogens is 266 g/mol. The molecular formula is C12H12ClN5O. The van der Waals surface area contributed by atoms with Crippen molar-refractivity contribution in [1.29, 1.82) is 0 Å². The Labute approximate surface area is 115 Å². The molecule has 0 unspecified atom stereocenters. The van der Waals surface area contributed by atoms with Gasteiger partial charge in [-0.05, 0) is 25.1 Å². The third-order valence-electron chi connectivity index (χ3n) is 2.50. The van der Waals surface area contributed by atoms with Gasteiger partial charge in [-0.15, -0.1) is 0 Å². The van der Waals surface area contributed by atoms with Gasteiger partial charge in [-0.25, -0.2) is 10.8 Å². The predicted molar refractivity (Wildman–Crippen MR) is 74.0 cm³/mol. The van der Waals surface area contributed by atoms with Crippen molar-refractivity contribution in [1.82, 2.24) is 9.97 Å². The van der Waals surface area contributed by atoms with E-state index in [0.29, 0.717) is 17.1 Å². The van der Waals surface area contributed by atoms with Crippen LogP contribution in [0, 0.1) is 6.92 Å². The molecule has 2 rings (SSSR count). The molecule has 0 fully saturated rings. The van der Waals surface area contributed by atoms with Crippen LogP contribution < -0.4 is 16.6 Å². The first kappa shape index (κ1) is 13.3. The van der Waals surface area contributed by atoms with Gasteiger partial charge in [-0.1, -0.05) is 11.6 Å². The van der Waals surface area contributed by atoms with Crippen molar-refractivity contribution in [3.63, 3.8) is 0 Å². The third-order valence-corrected chi connectivity index (χ3v) is 2.78. The number of anilines is 2. The van der Waals surface area contributed by atoms with E-state index < -0.39 is 0 Å². The molecule has 19 heavy (non-hydrogen) atoms. The molecule has 1 amide bonds. The van der Waals surface area contributed by atoms with Crippen LogP contribution in [0.3, 0.4) is 0 Å². The Morgan fingerprint density at radius 1 is 1.42 bits per heavy atom. The summed E-state index contributed by atoms with van der Waals surface area (Å²) in [5, 5.41) is 3.02. The van der Waals surface area contributed by atoms with Crippen LogP contribution in [0.5, 0.6) is 0 Å². The van der Waals surface area contributed by atoms with E-state index in [4.69, 9.17) is 17.4 Å². The minimum Gasteiger partial charge on any atom is -0.320 e. The number of aromatic nitrogens is 2. The molecule has 0 aliphatic carbocycles. The van der Waals surface area contributed by atoms with E-state index in [9.17, 15) is 4.79 Å². The second kappa shape index (κ2) is 5.64. The van der Waals surface area contributed by atoms with Gasteiger partial charge in [-0.2, -0.15) is 0 Å². The minimum absolute atomic E-state index is 0.276. The topological polar surface area (TPSA) is 92.9 Å². The largest absolute Gasteiger partial charge is 0.320 e. The van der Waals surface area contributed by atoms with Gasteiger partial charge in [-0.3, -0.25) is 9.78 Å². The molecule has 0 bridgehead atoms. The number of amides is 1. The van der Waals surface area contributed by atoms with Gasteiger partial charge in [0.15, 0.2) is 5.82 Å². The van der Waals surface area contributed by atoms with E-state index in [1.807, 2.05) is 6.92 Å². The maximum absolute atomic E-state index is 12.0. The molecule has 0 atom stereocenters. The third kappa shape index (κ3) is 2.98. The number of nitrogen functional groups attached to an aromatic ring is 1. The Balaban J connectivity index is 2.21. The highest BCUT2D eigenvalue weighted by Gasteiger charge is 2.11. The van der Waals surface area contributed by atoms with Crippen molar-refractivity contribution in [2.75, 3.05) is 10.7 Å². The number of hydrazine groups is 1. The van der Waals surface area contributed by atoms with Gasteiger partial charge >= 0.3 is 0 Å². The van der Waals surface area contributed by atoms with Crippen LogP contribution in [0.25, 0.3) is 0 Å². The molecule has 0 aliphatic rings. The average molecular weight is 278 g/mol. The van der Waals surface area contributed by atoms with Crippen LogP contribution in [-0.4, -0.2) is 15.9 Å². The number of pyridine rings is 2. The highest BCUT2D eigenvalue weighted by molar-refractivity contribution is 6.33. The number of hydrogen-bond donors (Lipinski definition) is 3. The van der Waals surface area contributed by atoms with Crippen molar-refractivity contribution in [3.8, 4) is 0 Å². The zero-order valence-corrected chi connectivity index (χ0v) is 10.9. The van der Waals surface area contributed by atoms with E-state index in [2.05, 4.69) is 20.7 Å². The molecule has 2 aromatic heterocycles. The van der Waals surface area contributed by atoms with E-state index in [1.165, 1.54) is 12.3 Å². The Kier molecular flexibility index (Phi) is 3.94. The fourth-order valence-electron chi connectivity index (χ4n) is 1.48. The lowest BCUT2D eigenvalue weighted by Gasteiger charge is -2.08. The normalized spacial score (nSPS) is 10.1. The number of hydrogen-bond acceptors (Lipinski definition) is 5. The molecule has 0 aliphatic heterocycles. The second-order valence-corrected chi connectivity index (χ2v) is 4.20. The molecule has 0 spiro atoms. The molecule has 0 saturated heterocycles. The number of aryl methyl sites for hydroxylation is 1. The molecule has 4 N–H and O–H groups in total. The standard InChI is InChI=1S/C12H12ClN5O/c1-7-10(3-2-4-15-7)17-12(19)8-5-9(13)11(18-14)16-6-8/h2-6H,14H2,1H3,(H,16,18)(H,17,19). The van der Waals surface area contributed by atoms with E-state index in [1.54, 1.807) is 18.3 Å². The van der Waals surface area contributed by atoms with Crippen LogP contribution in [0.4, 0.5) is 11.5 Å². The molecule has 98 valence electrons. The summed E-state index contributed by atoms with van der Waals surface area (Å²) in [6, 6.07) is 5.01. The molecule has 0 radical (unpaired) electrons. The van der Waals surface area contributed by atoms with Crippen LogP contribution in [0.1, 0.15) is 16.1 Å². The summed E-state index contributed by atoms with van der Waals surface area (Å²) in [5.74, 6) is 5.22. The fourth-order valence-corrected chi connectivity index (χ4v) is 1.70. The smallest absolute Gasteiger partial charge is 0.257 e. The van der Waals surface area contributed by atoms with E-state index >= 15 is 0 Å². The zero-order chi connectivity index (χ0) is 13.8. The van der Waals surface area contributed by atoms with Crippen LogP contribution >= 0.6 is 11.6 Å². The fraction of sp³-hybridized carbons (Fsp3) is 0.0833. The van der Waals surface area contributed by atoms with Crippen molar-refractivity contribution in [3.05, 3.63) is 46.9 Å². The van der Waals surface area contributed by atoms with Gasteiger partial charge in [0.25, 0.3) is 5.91 Å². The van der Waals surface area contributed by atoms with E-state index in [0.717, 1.165) is 5.69 Å². The van der Waals surface area contributed by atoms with Crippen LogP contribution in [0.15, 0.2) is 30.6 Å². The summed E-state index contributed by atoms with van der Waals surface area (Å²) in [7, 11) is 0. The highest BCUT2D eigenvalue weighted by Crippen LogP contribution is 2.20. The Hall–Kier alpha value is -2.18. The summed E-state index contributed by atoms with van der Waals surface area (Å²) in [4.78, 5) is 20.1. The van der Waals surface area contributed by atoms with Crippen molar-refractivity contribution >= 4 is 29.0 Å². The van der Waals surface area contributed by atoms with Crippen molar-refractivity contribution < 1.29 is 4.79 Å². The Bertz CT molecular complexity index is 617. The summed E-state index contributed by atoms with van der Waals surface area (Å²) in [6.07, 6.45) is 3.05. The van der Waals surface area contributed by atoms with Crippen molar-refractivity contribution in [2.24, 2.45) is 5.84 Å². The Morgan fingerprint density at radius 2 is 2.21 bits per heavy atom. The number of carbonyl (C=O) groups excluding carboxylic acids is 1. The van der Waals surface area contributed by atoms with E-state index in [-0.39, 0.29) is 10.9 Å². The molecule has 0 saturated carbocycles. The number of halogens is 1. The lowest BCUT2D eigenvalue weighted by molar-refractivity contribution is 0.102. The van der Waals surface area contributed by atoms with Crippen LogP contribution in [-0.2, 0) is 0 Å². The lowest BCUT2D eigenvalue weighted by Crippen LogP contribution is -2.15. The number of rotatable bonds is 3. The molecule has 7 heteroatoms. The molecule has 2 heterocycles. The maximum atomic E-state index is 12.0. The van der Waals surface area contributed by atoms with Gasteiger partial charge < -0.3 is 10.7 Å². The first-order valence-corrected chi connectivity index (χ1v) is 5.84. The number of carbonyl (C=O) groups is 1. The number of nitrogens with one attached hydrogen (secondary N) is 2. The summed E-state index contributed by atoms with van der Waals surface area (Å²) in [5.41, 5.74) is 4.05. The predicted octanol–water partition coefficient (Wildman–Crippen LogP) is 1.98. The SMILES string of the molecule is Cc1ncccc1NC(=O)c1cnc(NN)c(Cl)c1. The highest BCUT2D eigenvalue weighted by atomic mass is 35.5. The number of nitrogens with zero attached hydrogens (tertiary/aromatic N) is 2. The minimum atomic E-state index is -0.311. The summed E-state index contributed by atoms with van der Waals surface area (Å²) < 4.78 is 0. The van der Waals surface area contributed by atoms with Gasteiger partial charge in [0, 0.05) is 12.4 Å². The maximum Gasteiger partial charge on any atom is 0.257 e. The van der Waals surface area contributed by atoms with Crippen LogP contribution in [0.2, 0.25) is 5.02 Å². The van der Waals surface area contributed by atoms with Crippen molar-refractivity contribution in [2.45, 2.75) is 6.92 Å². The zero-order valence-electron chi connectivity index (χ0n) is 10.1. The molecule has 0 aromatic carbocycles. The average Bonchev–Trinajstić information content (AvgIpc) is 2.41. The Morgan fingerprint density at radius 3 is 2.84 bits per heavy atom. The van der Waals surface area contributed by atoms with Gasteiger partial charge in [0.1, 0.15) is 0 Å². The van der Waals surface area contributed by atoms with Gasteiger partial charge in [0.05, 0.1) is 22.0 Å². The van der Waals surface area contributed by atoms with Gasteiger partial charge in [0.2, 0.25) is 0 Å². The molecule has 6 nitrogen and oxygen atoms in total. The first-order chi connectivity index (χ1) is 9.11. The summed E-state index contributed by atoms with van der Waals surface area (Å²) in [6.45, 7) is 1.81. The molecule has 2 aromatic rings. The summed E-state index contributed by atoms with van der Waals surface area (Å²) >= 11 is 5.91. The quantitative estimate of drug-likeness (QED) is 0.589. The second-order valence-electron chi connectivity index (χ2n) is 3.79. The monoisotopic (exact) mass is 277 g/mol. The lowest BCUT2D eigenvalue weighted by atomic mass is 10.2. The number of nitrogens with two attached hydrogens (primary N) is 1. The first-order valence-electron chi connectivity index (χ1n) is 5.47.